The average molecular weight is 245 g/mol. The molecule has 2 aromatic rings. The van der Waals surface area contributed by atoms with Crippen molar-refractivity contribution < 1.29 is 4.74 Å². The molecule has 0 saturated carbocycles. The lowest BCUT2D eigenvalue weighted by molar-refractivity contribution is 0.187. The van der Waals surface area contributed by atoms with E-state index < -0.39 is 0 Å². The second-order valence-corrected chi connectivity index (χ2v) is 4.21. The molecule has 1 aromatic carbocycles. The van der Waals surface area contributed by atoms with Crippen molar-refractivity contribution >= 4 is 5.95 Å². The number of hydrogen-bond acceptors (Lipinski definition) is 3. The van der Waals surface area contributed by atoms with Crippen LogP contribution in [0.2, 0.25) is 0 Å². The quantitative estimate of drug-likeness (QED) is 0.850. The normalized spacial score (nSPS) is 12.3. The van der Waals surface area contributed by atoms with Crippen molar-refractivity contribution in [2.45, 2.75) is 19.5 Å². The minimum Gasteiger partial charge on any atom is -0.383 e. The Bertz CT molecular complexity index is 467. The molecule has 2 rings (SSSR count). The fourth-order valence-corrected chi connectivity index (χ4v) is 1.84. The highest BCUT2D eigenvalue weighted by Gasteiger charge is 2.08. The summed E-state index contributed by atoms with van der Waals surface area (Å²) in [6.45, 7) is 3.62. The average Bonchev–Trinajstić information content (AvgIpc) is 2.84. The van der Waals surface area contributed by atoms with E-state index in [1.165, 1.54) is 5.56 Å². The molecule has 0 radical (unpaired) electrons. The minimum atomic E-state index is 0.231. The third kappa shape index (κ3) is 3.11. The highest BCUT2D eigenvalue weighted by atomic mass is 16.5. The van der Waals surface area contributed by atoms with E-state index in [0.29, 0.717) is 6.61 Å². The van der Waals surface area contributed by atoms with Crippen LogP contribution in [0.3, 0.4) is 0 Å². The van der Waals surface area contributed by atoms with Crippen molar-refractivity contribution in [3.63, 3.8) is 0 Å². The van der Waals surface area contributed by atoms with Crippen LogP contribution in [-0.2, 0) is 11.3 Å². The van der Waals surface area contributed by atoms with Gasteiger partial charge in [-0.2, -0.15) is 0 Å². The minimum absolute atomic E-state index is 0.231. The molecule has 1 N–H and O–H groups in total. The van der Waals surface area contributed by atoms with Gasteiger partial charge in [-0.25, -0.2) is 4.98 Å². The summed E-state index contributed by atoms with van der Waals surface area (Å²) >= 11 is 0. The van der Waals surface area contributed by atoms with Crippen molar-refractivity contribution in [3.8, 4) is 0 Å². The zero-order chi connectivity index (χ0) is 12.8. The van der Waals surface area contributed by atoms with Gasteiger partial charge < -0.3 is 14.6 Å². The second kappa shape index (κ2) is 6.21. The van der Waals surface area contributed by atoms with Crippen molar-refractivity contribution in [2.75, 3.05) is 19.0 Å². The van der Waals surface area contributed by atoms with E-state index >= 15 is 0 Å². The molecule has 0 saturated heterocycles. The second-order valence-electron chi connectivity index (χ2n) is 4.21. The zero-order valence-corrected chi connectivity index (χ0v) is 10.8. The van der Waals surface area contributed by atoms with E-state index in [0.717, 1.165) is 12.5 Å². The number of nitrogens with zero attached hydrogens (tertiary/aromatic N) is 2. The fourth-order valence-electron chi connectivity index (χ4n) is 1.84. The monoisotopic (exact) mass is 245 g/mol. The van der Waals surface area contributed by atoms with Gasteiger partial charge in [-0.15, -0.1) is 0 Å². The number of rotatable bonds is 6. The van der Waals surface area contributed by atoms with Crippen LogP contribution in [0, 0.1) is 0 Å². The van der Waals surface area contributed by atoms with Gasteiger partial charge in [0, 0.05) is 26.0 Å². The first-order valence-corrected chi connectivity index (χ1v) is 6.13. The van der Waals surface area contributed by atoms with E-state index in [4.69, 9.17) is 4.74 Å². The van der Waals surface area contributed by atoms with Gasteiger partial charge in [0.15, 0.2) is 0 Å². The lowest BCUT2D eigenvalue weighted by Gasteiger charge is -2.16. The van der Waals surface area contributed by atoms with Crippen molar-refractivity contribution in [3.05, 3.63) is 48.3 Å². The van der Waals surface area contributed by atoms with E-state index in [1.54, 1.807) is 13.3 Å². The Hall–Kier alpha value is -1.81. The SMILES string of the molecule is COCCn1ccnc1NC(C)c1ccccc1. The lowest BCUT2D eigenvalue weighted by Crippen LogP contribution is -2.13. The van der Waals surface area contributed by atoms with Crippen LogP contribution >= 0.6 is 0 Å². The van der Waals surface area contributed by atoms with E-state index in [1.807, 2.05) is 24.4 Å². The number of ether oxygens (including phenoxy) is 1. The molecule has 4 nitrogen and oxygen atoms in total. The number of hydrogen-bond donors (Lipinski definition) is 1. The molecule has 0 bridgehead atoms. The maximum absolute atomic E-state index is 5.08. The third-order valence-electron chi connectivity index (χ3n) is 2.90. The number of anilines is 1. The van der Waals surface area contributed by atoms with Gasteiger partial charge in [0.25, 0.3) is 0 Å². The van der Waals surface area contributed by atoms with Crippen LogP contribution in [0.5, 0.6) is 0 Å². The molecular formula is C14H19N3O. The number of aromatic nitrogens is 2. The maximum atomic E-state index is 5.08. The Morgan fingerprint density at radius 1 is 1.33 bits per heavy atom. The maximum Gasteiger partial charge on any atom is 0.203 e. The Morgan fingerprint density at radius 2 is 2.11 bits per heavy atom. The van der Waals surface area contributed by atoms with Gasteiger partial charge in [0.05, 0.1) is 12.6 Å². The molecule has 18 heavy (non-hydrogen) atoms. The molecule has 0 aliphatic carbocycles. The van der Waals surface area contributed by atoms with Crippen LogP contribution in [0.1, 0.15) is 18.5 Å². The van der Waals surface area contributed by atoms with Crippen molar-refractivity contribution in [1.82, 2.24) is 9.55 Å². The first-order chi connectivity index (χ1) is 8.81. The first-order valence-electron chi connectivity index (χ1n) is 6.13. The Kier molecular flexibility index (Phi) is 4.36. The fraction of sp³-hybridized carbons (Fsp3) is 0.357. The summed E-state index contributed by atoms with van der Waals surface area (Å²) in [6, 6.07) is 10.6. The van der Waals surface area contributed by atoms with Crippen molar-refractivity contribution in [1.29, 1.82) is 0 Å². The van der Waals surface area contributed by atoms with E-state index in [9.17, 15) is 0 Å². The largest absolute Gasteiger partial charge is 0.383 e. The molecule has 1 unspecified atom stereocenters. The van der Waals surface area contributed by atoms with Gasteiger partial charge in [0.1, 0.15) is 0 Å². The van der Waals surface area contributed by atoms with E-state index in [-0.39, 0.29) is 6.04 Å². The summed E-state index contributed by atoms with van der Waals surface area (Å²) in [5, 5.41) is 3.41. The number of methoxy groups -OCH3 is 1. The van der Waals surface area contributed by atoms with Crippen LogP contribution < -0.4 is 5.32 Å². The van der Waals surface area contributed by atoms with Gasteiger partial charge in [0.2, 0.25) is 5.95 Å². The Labute approximate surface area is 108 Å². The summed E-state index contributed by atoms with van der Waals surface area (Å²) in [4.78, 5) is 4.33. The van der Waals surface area contributed by atoms with E-state index in [2.05, 4.69) is 33.9 Å². The third-order valence-corrected chi connectivity index (χ3v) is 2.90. The van der Waals surface area contributed by atoms with Gasteiger partial charge in [-0.3, -0.25) is 0 Å². The molecule has 0 spiro atoms. The summed E-state index contributed by atoms with van der Waals surface area (Å²) in [5.41, 5.74) is 1.25. The molecule has 4 heteroatoms. The number of nitrogens with one attached hydrogen (secondary N) is 1. The summed E-state index contributed by atoms with van der Waals surface area (Å²) in [6.07, 6.45) is 3.76. The first kappa shape index (κ1) is 12.6. The lowest BCUT2D eigenvalue weighted by atomic mass is 10.1. The molecule has 0 aliphatic rings. The van der Waals surface area contributed by atoms with Gasteiger partial charge >= 0.3 is 0 Å². The Morgan fingerprint density at radius 3 is 2.83 bits per heavy atom. The summed E-state index contributed by atoms with van der Waals surface area (Å²) < 4.78 is 7.14. The van der Waals surface area contributed by atoms with Crippen molar-refractivity contribution in [2.24, 2.45) is 0 Å². The molecular weight excluding hydrogens is 226 g/mol. The topological polar surface area (TPSA) is 39.1 Å². The molecule has 1 heterocycles. The van der Waals surface area contributed by atoms with Gasteiger partial charge in [-0.05, 0) is 12.5 Å². The van der Waals surface area contributed by atoms with Crippen LogP contribution in [0.4, 0.5) is 5.95 Å². The highest BCUT2D eigenvalue weighted by molar-refractivity contribution is 5.32. The molecule has 1 atom stereocenters. The predicted molar refractivity (Wildman–Crippen MR) is 72.6 cm³/mol. The molecule has 0 aliphatic heterocycles. The van der Waals surface area contributed by atoms with Crippen LogP contribution in [-0.4, -0.2) is 23.3 Å². The standard InChI is InChI=1S/C14H19N3O/c1-12(13-6-4-3-5-7-13)16-14-15-8-9-17(14)10-11-18-2/h3-9,12H,10-11H2,1-2H3,(H,15,16). The molecule has 96 valence electrons. The number of benzene rings is 1. The highest BCUT2D eigenvalue weighted by Crippen LogP contribution is 2.17. The van der Waals surface area contributed by atoms with Gasteiger partial charge in [-0.1, -0.05) is 30.3 Å². The van der Waals surface area contributed by atoms with Crippen LogP contribution in [0.15, 0.2) is 42.7 Å². The Balaban J connectivity index is 2.03. The molecule has 0 amide bonds. The van der Waals surface area contributed by atoms with Crippen LogP contribution in [0.25, 0.3) is 0 Å². The predicted octanol–water partition coefficient (Wildman–Crippen LogP) is 2.70. The molecule has 0 fully saturated rings. The molecule has 1 aromatic heterocycles. The smallest absolute Gasteiger partial charge is 0.203 e. The number of imidazole rings is 1. The zero-order valence-electron chi connectivity index (χ0n) is 10.8. The summed E-state index contributed by atoms with van der Waals surface area (Å²) in [5.74, 6) is 0.878. The summed E-state index contributed by atoms with van der Waals surface area (Å²) in [7, 11) is 1.70.